The molecule has 0 aliphatic rings. The Kier molecular flexibility index (Phi) is 5.50. The van der Waals surface area contributed by atoms with Crippen molar-refractivity contribution in [3.63, 3.8) is 0 Å². The molecule has 0 saturated carbocycles. The number of aliphatic hydroxyl groups is 1. The van der Waals surface area contributed by atoms with Crippen molar-refractivity contribution in [2.75, 3.05) is 7.05 Å². The monoisotopic (exact) mass is 315 g/mol. The number of hydrogen-bond acceptors (Lipinski definition) is 3. The Balaban J connectivity index is 1.92. The highest BCUT2D eigenvalue weighted by molar-refractivity contribution is 5.76. The van der Waals surface area contributed by atoms with Crippen molar-refractivity contribution in [2.45, 2.75) is 25.6 Å². The molecule has 0 aliphatic carbocycles. The van der Waals surface area contributed by atoms with Gasteiger partial charge in [-0.15, -0.1) is 6.42 Å². The van der Waals surface area contributed by atoms with Crippen molar-refractivity contribution < 1.29 is 14.3 Å². The summed E-state index contributed by atoms with van der Waals surface area (Å²) in [7, 11) is 1.64. The fourth-order valence-electron chi connectivity index (χ4n) is 2.18. The summed E-state index contributed by atoms with van der Waals surface area (Å²) in [4.78, 5) is 13.6. The molecule has 1 aromatic carbocycles. The number of carbonyl (C=O) groups excluding carboxylic acids is 1. The first-order valence-corrected chi connectivity index (χ1v) is 7.12. The molecule has 6 heteroatoms. The van der Waals surface area contributed by atoms with Crippen molar-refractivity contribution in [1.29, 1.82) is 0 Å². The van der Waals surface area contributed by atoms with E-state index in [2.05, 4.69) is 11.0 Å². The Morgan fingerprint density at radius 2 is 2.35 bits per heavy atom. The van der Waals surface area contributed by atoms with Crippen LogP contribution in [0.15, 0.2) is 36.7 Å². The first-order valence-electron chi connectivity index (χ1n) is 7.12. The highest BCUT2D eigenvalue weighted by atomic mass is 19.1. The number of hydrogen-bond donors (Lipinski definition) is 1. The number of rotatable bonds is 6. The van der Waals surface area contributed by atoms with E-state index < -0.39 is 11.9 Å². The van der Waals surface area contributed by atoms with Crippen LogP contribution in [0.2, 0.25) is 0 Å². The maximum Gasteiger partial charge on any atom is 0.225 e. The standard InChI is InChI=1S/C17H18FN3O2/c1-3-7-21-12-13(10-19-21)11-20(2)17(23)9-16(22)14-5-4-6-15(18)8-14/h1,4-6,8,10,12,16,22H,7,9,11H2,2H3. The lowest BCUT2D eigenvalue weighted by Gasteiger charge is -2.18. The summed E-state index contributed by atoms with van der Waals surface area (Å²) >= 11 is 0. The maximum absolute atomic E-state index is 13.1. The van der Waals surface area contributed by atoms with Crippen LogP contribution in [0.4, 0.5) is 4.39 Å². The van der Waals surface area contributed by atoms with Crippen LogP contribution in [0.3, 0.4) is 0 Å². The largest absolute Gasteiger partial charge is 0.388 e. The second-order valence-corrected chi connectivity index (χ2v) is 5.28. The average Bonchev–Trinajstić information content (AvgIpc) is 2.94. The van der Waals surface area contributed by atoms with E-state index in [1.165, 1.54) is 23.1 Å². The zero-order valence-electron chi connectivity index (χ0n) is 12.8. The second-order valence-electron chi connectivity index (χ2n) is 5.28. The predicted octanol–water partition coefficient (Wildman–Crippen LogP) is 1.74. The molecule has 0 saturated heterocycles. The molecule has 0 radical (unpaired) electrons. The highest BCUT2D eigenvalue weighted by Gasteiger charge is 2.17. The third-order valence-corrected chi connectivity index (χ3v) is 3.39. The summed E-state index contributed by atoms with van der Waals surface area (Å²) in [6.07, 6.45) is 7.47. The lowest BCUT2D eigenvalue weighted by Crippen LogP contribution is -2.27. The smallest absolute Gasteiger partial charge is 0.225 e. The van der Waals surface area contributed by atoms with E-state index >= 15 is 0 Å². The Hall–Kier alpha value is -2.65. The minimum atomic E-state index is -1.04. The summed E-state index contributed by atoms with van der Waals surface area (Å²) in [6, 6.07) is 5.60. The summed E-state index contributed by atoms with van der Waals surface area (Å²) in [5, 5.41) is 14.1. The van der Waals surface area contributed by atoms with Gasteiger partial charge in [-0.3, -0.25) is 9.48 Å². The van der Waals surface area contributed by atoms with E-state index in [0.29, 0.717) is 18.7 Å². The van der Waals surface area contributed by atoms with Crippen LogP contribution in [0.5, 0.6) is 0 Å². The highest BCUT2D eigenvalue weighted by Crippen LogP contribution is 2.18. The van der Waals surface area contributed by atoms with Gasteiger partial charge in [0.1, 0.15) is 12.4 Å². The second kappa shape index (κ2) is 7.56. The SMILES string of the molecule is C#CCn1cc(CN(C)C(=O)CC(O)c2cccc(F)c2)cn1. The summed E-state index contributed by atoms with van der Waals surface area (Å²) < 4.78 is 14.8. The summed E-state index contributed by atoms with van der Waals surface area (Å²) in [5.74, 6) is 1.79. The van der Waals surface area contributed by atoms with E-state index in [1.807, 2.05) is 0 Å². The molecule has 1 amide bonds. The third-order valence-electron chi connectivity index (χ3n) is 3.39. The Bertz CT molecular complexity index is 721. The molecule has 1 aromatic heterocycles. The van der Waals surface area contributed by atoms with Crippen molar-refractivity contribution >= 4 is 5.91 Å². The van der Waals surface area contributed by atoms with Gasteiger partial charge in [0.2, 0.25) is 5.91 Å². The van der Waals surface area contributed by atoms with E-state index in [1.54, 1.807) is 30.2 Å². The number of terminal acetylenes is 1. The molecular formula is C17H18FN3O2. The van der Waals surface area contributed by atoms with Gasteiger partial charge in [-0.25, -0.2) is 4.39 Å². The lowest BCUT2D eigenvalue weighted by molar-refractivity contribution is -0.132. The quantitative estimate of drug-likeness (QED) is 0.826. The average molecular weight is 315 g/mol. The fourth-order valence-corrected chi connectivity index (χ4v) is 2.18. The van der Waals surface area contributed by atoms with Crippen LogP contribution in [-0.4, -0.2) is 32.7 Å². The molecular weight excluding hydrogens is 297 g/mol. The zero-order chi connectivity index (χ0) is 16.8. The molecule has 5 nitrogen and oxygen atoms in total. The van der Waals surface area contributed by atoms with E-state index in [0.717, 1.165) is 5.56 Å². The number of amides is 1. The number of nitrogens with zero attached hydrogens (tertiary/aromatic N) is 3. The lowest BCUT2D eigenvalue weighted by atomic mass is 10.1. The van der Waals surface area contributed by atoms with Gasteiger partial charge < -0.3 is 10.0 Å². The fraction of sp³-hybridized carbons (Fsp3) is 0.294. The van der Waals surface area contributed by atoms with Gasteiger partial charge in [-0.1, -0.05) is 18.1 Å². The van der Waals surface area contributed by atoms with Gasteiger partial charge in [0.05, 0.1) is 18.7 Å². The van der Waals surface area contributed by atoms with Gasteiger partial charge >= 0.3 is 0 Å². The molecule has 0 bridgehead atoms. The van der Waals surface area contributed by atoms with Crippen molar-refractivity contribution in [2.24, 2.45) is 0 Å². The molecule has 0 fully saturated rings. The van der Waals surface area contributed by atoms with Crippen LogP contribution in [0.1, 0.15) is 23.7 Å². The first kappa shape index (κ1) is 16.7. The van der Waals surface area contributed by atoms with Gasteiger partial charge in [-0.05, 0) is 17.7 Å². The molecule has 0 aliphatic heterocycles. The number of benzene rings is 1. The van der Waals surface area contributed by atoms with Crippen LogP contribution < -0.4 is 0 Å². The van der Waals surface area contributed by atoms with E-state index in [-0.39, 0.29) is 12.3 Å². The summed E-state index contributed by atoms with van der Waals surface area (Å²) in [6.45, 7) is 0.731. The normalized spacial score (nSPS) is 11.7. The number of aliphatic hydroxyl groups excluding tert-OH is 1. The van der Waals surface area contributed by atoms with Crippen LogP contribution in [0.25, 0.3) is 0 Å². The van der Waals surface area contributed by atoms with Crippen LogP contribution >= 0.6 is 0 Å². The third kappa shape index (κ3) is 4.66. The Morgan fingerprint density at radius 1 is 1.57 bits per heavy atom. The summed E-state index contributed by atoms with van der Waals surface area (Å²) in [5.41, 5.74) is 1.23. The van der Waals surface area contributed by atoms with Crippen molar-refractivity contribution in [1.82, 2.24) is 14.7 Å². The molecule has 120 valence electrons. The van der Waals surface area contributed by atoms with Gasteiger partial charge in [0.25, 0.3) is 0 Å². The van der Waals surface area contributed by atoms with Gasteiger partial charge in [0.15, 0.2) is 0 Å². The first-order chi connectivity index (χ1) is 11.0. The number of carbonyl (C=O) groups is 1. The zero-order valence-corrected chi connectivity index (χ0v) is 12.8. The molecule has 1 heterocycles. The van der Waals surface area contributed by atoms with E-state index in [9.17, 15) is 14.3 Å². The molecule has 1 N–H and O–H groups in total. The number of halogens is 1. The predicted molar refractivity (Wildman–Crippen MR) is 83.5 cm³/mol. The van der Waals surface area contributed by atoms with Crippen molar-refractivity contribution in [3.8, 4) is 12.3 Å². The van der Waals surface area contributed by atoms with Crippen LogP contribution in [-0.2, 0) is 17.9 Å². The molecule has 23 heavy (non-hydrogen) atoms. The minimum absolute atomic E-state index is 0.113. The topological polar surface area (TPSA) is 58.4 Å². The van der Waals surface area contributed by atoms with Crippen molar-refractivity contribution in [3.05, 3.63) is 53.6 Å². The Labute approximate surface area is 134 Å². The molecule has 1 unspecified atom stereocenters. The van der Waals surface area contributed by atoms with Gasteiger partial charge in [-0.2, -0.15) is 5.10 Å². The minimum Gasteiger partial charge on any atom is -0.388 e. The molecule has 0 spiro atoms. The number of aromatic nitrogens is 2. The molecule has 2 rings (SSSR count). The molecule has 1 atom stereocenters. The maximum atomic E-state index is 13.1. The van der Waals surface area contributed by atoms with Gasteiger partial charge in [0, 0.05) is 25.4 Å². The van der Waals surface area contributed by atoms with E-state index in [4.69, 9.17) is 6.42 Å². The van der Waals surface area contributed by atoms with Crippen LogP contribution in [0, 0.1) is 18.2 Å². The molecule has 2 aromatic rings. The Morgan fingerprint density at radius 3 is 3.04 bits per heavy atom.